The van der Waals surface area contributed by atoms with Crippen LogP contribution in [-0.4, -0.2) is 10.1 Å². The minimum absolute atomic E-state index is 0.0628. The van der Waals surface area contributed by atoms with Gasteiger partial charge in [0.1, 0.15) is 0 Å². The van der Waals surface area contributed by atoms with Gasteiger partial charge in [-0.05, 0) is 37.3 Å². The van der Waals surface area contributed by atoms with Crippen molar-refractivity contribution in [3.05, 3.63) is 29.1 Å². The number of rotatable bonds is 1. The summed E-state index contributed by atoms with van der Waals surface area (Å²) in [6.07, 6.45) is 6.09. The molecule has 0 atom stereocenters. The van der Waals surface area contributed by atoms with E-state index in [1.54, 1.807) is 0 Å². The summed E-state index contributed by atoms with van der Waals surface area (Å²) < 4.78 is 0. The highest BCUT2D eigenvalue weighted by Gasteiger charge is 2.09. The molecule has 0 saturated heterocycles. The van der Waals surface area contributed by atoms with Crippen molar-refractivity contribution in [3.8, 4) is 0 Å². The molecule has 0 fully saturated rings. The number of hydrogen-bond donors (Lipinski definition) is 1. The third-order valence-electron chi connectivity index (χ3n) is 2.65. The minimum Gasteiger partial charge on any atom is -0.390 e. The number of hydrogen-bond acceptors (Lipinski definition) is 2. The Morgan fingerprint density at radius 1 is 1.15 bits per heavy atom. The van der Waals surface area contributed by atoms with Gasteiger partial charge >= 0.3 is 0 Å². The number of aryl methyl sites for hydroxylation is 2. The molecule has 1 aliphatic carbocycles. The molecule has 13 heavy (non-hydrogen) atoms. The van der Waals surface area contributed by atoms with Gasteiger partial charge in [0, 0.05) is 5.69 Å². The van der Waals surface area contributed by atoms with Crippen molar-refractivity contribution in [1.29, 1.82) is 0 Å². The minimum atomic E-state index is 0.0628. The molecule has 0 aliphatic heterocycles. The van der Waals surface area contributed by atoms with Crippen molar-refractivity contribution in [2.24, 2.45) is 0 Å². The van der Waals surface area contributed by atoms with Crippen LogP contribution in [0.4, 0.5) is 0 Å². The van der Waals surface area contributed by atoms with Crippen LogP contribution in [-0.2, 0) is 19.4 Å². The van der Waals surface area contributed by atoms with Crippen LogP contribution in [0.15, 0.2) is 12.1 Å². The van der Waals surface area contributed by atoms with Gasteiger partial charge in [0.2, 0.25) is 0 Å². The molecule has 70 valence electrons. The van der Waals surface area contributed by atoms with Gasteiger partial charge in [0.25, 0.3) is 0 Å². The van der Waals surface area contributed by atoms with Crippen molar-refractivity contribution in [3.63, 3.8) is 0 Å². The topological polar surface area (TPSA) is 33.1 Å². The van der Waals surface area contributed by atoms with Crippen LogP contribution in [0.25, 0.3) is 0 Å². The quantitative estimate of drug-likeness (QED) is 0.664. The molecule has 1 aliphatic rings. The number of aliphatic hydroxyl groups excluding tert-OH is 1. The van der Waals surface area contributed by atoms with E-state index in [1.807, 2.05) is 6.07 Å². The number of pyridine rings is 1. The van der Waals surface area contributed by atoms with Crippen molar-refractivity contribution < 1.29 is 5.11 Å². The first-order valence-electron chi connectivity index (χ1n) is 4.98. The number of aliphatic hydroxyl groups is 1. The molecule has 0 radical (unpaired) electrons. The highest BCUT2D eigenvalue weighted by atomic mass is 16.3. The molecule has 0 spiro atoms. The maximum absolute atomic E-state index is 8.95. The average molecular weight is 177 g/mol. The fourth-order valence-corrected chi connectivity index (χ4v) is 1.89. The zero-order valence-corrected chi connectivity index (χ0v) is 7.79. The summed E-state index contributed by atoms with van der Waals surface area (Å²) in [5.41, 5.74) is 3.40. The molecule has 0 saturated carbocycles. The van der Waals surface area contributed by atoms with Gasteiger partial charge in [-0.1, -0.05) is 12.5 Å². The largest absolute Gasteiger partial charge is 0.390 e. The van der Waals surface area contributed by atoms with Crippen molar-refractivity contribution in [2.75, 3.05) is 0 Å². The second kappa shape index (κ2) is 3.88. The van der Waals surface area contributed by atoms with Gasteiger partial charge in [0.05, 0.1) is 12.3 Å². The Morgan fingerprint density at radius 3 is 2.85 bits per heavy atom. The molecule has 0 aromatic carbocycles. The highest BCUT2D eigenvalue weighted by molar-refractivity contribution is 5.24. The van der Waals surface area contributed by atoms with E-state index in [1.165, 1.54) is 30.5 Å². The van der Waals surface area contributed by atoms with E-state index in [2.05, 4.69) is 11.1 Å². The molecule has 1 N–H and O–H groups in total. The summed E-state index contributed by atoms with van der Waals surface area (Å²) in [5, 5.41) is 8.95. The first-order chi connectivity index (χ1) is 6.40. The van der Waals surface area contributed by atoms with Crippen molar-refractivity contribution >= 4 is 0 Å². The van der Waals surface area contributed by atoms with Crippen LogP contribution in [0, 0.1) is 0 Å². The average Bonchev–Trinajstić information content (AvgIpc) is 2.41. The second-order valence-corrected chi connectivity index (χ2v) is 3.63. The Hall–Kier alpha value is -0.890. The number of nitrogens with zero attached hydrogens (tertiary/aromatic N) is 1. The van der Waals surface area contributed by atoms with Crippen molar-refractivity contribution in [2.45, 2.75) is 38.7 Å². The van der Waals surface area contributed by atoms with Crippen LogP contribution < -0.4 is 0 Å². The second-order valence-electron chi connectivity index (χ2n) is 3.63. The van der Waals surface area contributed by atoms with Crippen LogP contribution >= 0.6 is 0 Å². The fourth-order valence-electron chi connectivity index (χ4n) is 1.89. The van der Waals surface area contributed by atoms with Crippen LogP contribution in [0.2, 0.25) is 0 Å². The molecule has 2 nitrogen and oxygen atoms in total. The summed E-state index contributed by atoms with van der Waals surface area (Å²) in [7, 11) is 0. The van der Waals surface area contributed by atoms with E-state index in [9.17, 15) is 0 Å². The lowest BCUT2D eigenvalue weighted by molar-refractivity contribution is 0.276. The van der Waals surface area contributed by atoms with Gasteiger partial charge in [-0.15, -0.1) is 0 Å². The molecule has 2 rings (SSSR count). The molecule has 0 amide bonds. The van der Waals surface area contributed by atoms with Gasteiger partial charge in [-0.2, -0.15) is 0 Å². The third-order valence-corrected chi connectivity index (χ3v) is 2.65. The molecular formula is C11H15NO. The predicted octanol–water partition coefficient (Wildman–Crippen LogP) is 1.84. The first kappa shape index (κ1) is 8.70. The summed E-state index contributed by atoms with van der Waals surface area (Å²) in [6.45, 7) is 0.0628. The summed E-state index contributed by atoms with van der Waals surface area (Å²) in [4.78, 5) is 4.44. The van der Waals surface area contributed by atoms with E-state index in [-0.39, 0.29) is 6.61 Å². The molecule has 1 aromatic heterocycles. The van der Waals surface area contributed by atoms with Crippen molar-refractivity contribution in [1.82, 2.24) is 4.98 Å². The van der Waals surface area contributed by atoms with E-state index in [4.69, 9.17) is 5.11 Å². The lowest BCUT2D eigenvalue weighted by atomic mass is 10.1. The normalized spacial score (nSPS) is 16.4. The Balaban J connectivity index is 2.32. The Labute approximate surface area is 78.6 Å². The van der Waals surface area contributed by atoms with E-state index in [0.717, 1.165) is 18.5 Å². The number of aromatic nitrogens is 1. The maximum Gasteiger partial charge on any atom is 0.0853 e. The van der Waals surface area contributed by atoms with Gasteiger partial charge in [0.15, 0.2) is 0 Å². The van der Waals surface area contributed by atoms with E-state index >= 15 is 0 Å². The maximum atomic E-state index is 8.95. The Kier molecular flexibility index (Phi) is 2.60. The zero-order chi connectivity index (χ0) is 9.10. The van der Waals surface area contributed by atoms with Gasteiger partial charge in [-0.3, -0.25) is 4.98 Å². The van der Waals surface area contributed by atoms with Gasteiger partial charge < -0.3 is 5.11 Å². The lowest BCUT2D eigenvalue weighted by Gasteiger charge is -2.05. The first-order valence-corrected chi connectivity index (χ1v) is 4.98. The lowest BCUT2D eigenvalue weighted by Crippen LogP contribution is -1.99. The fraction of sp³-hybridized carbons (Fsp3) is 0.545. The predicted molar refractivity (Wildman–Crippen MR) is 51.4 cm³/mol. The standard InChI is InChI=1S/C11H15NO/c13-8-10-7-6-9-4-2-1-3-5-11(9)12-10/h6-7,13H,1-5,8H2. The highest BCUT2D eigenvalue weighted by Crippen LogP contribution is 2.19. The van der Waals surface area contributed by atoms with E-state index in [0.29, 0.717) is 0 Å². The third kappa shape index (κ3) is 1.89. The monoisotopic (exact) mass is 177 g/mol. The van der Waals surface area contributed by atoms with E-state index < -0.39 is 0 Å². The Bertz CT molecular complexity index is 296. The summed E-state index contributed by atoms with van der Waals surface area (Å²) in [6, 6.07) is 4.06. The molecular weight excluding hydrogens is 162 g/mol. The SMILES string of the molecule is OCc1ccc2c(n1)CCCCC2. The summed E-state index contributed by atoms with van der Waals surface area (Å²) in [5.74, 6) is 0. The molecule has 0 bridgehead atoms. The van der Waals surface area contributed by atoms with Gasteiger partial charge in [-0.25, -0.2) is 0 Å². The van der Waals surface area contributed by atoms with Crippen LogP contribution in [0.3, 0.4) is 0 Å². The molecule has 1 aromatic rings. The summed E-state index contributed by atoms with van der Waals surface area (Å²) >= 11 is 0. The smallest absolute Gasteiger partial charge is 0.0853 e. The molecule has 0 unspecified atom stereocenters. The Morgan fingerprint density at radius 2 is 2.00 bits per heavy atom. The number of fused-ring (bicyclic) bond motifs is 1. The van der Waals surface area contributed by atoms with Crippen LogP contribution in [0.5, 0.6) is 0 Å². The van der Waals surface area contributed by atoms with Crippen LogP contribution in [0.1, 0.15) is 36.2 Å². The molecule has 1 heterocycles. The molecule has 2 heteroatoms. The zero-order valence-electron chi connectivity index (χ0n) is 7.79.